The summed E-state index contributed by atoms with van der Waals surface area (Å²) in [6.07, 6.45) is 3.17. The molecule has 0 aliphatic carbocycles. The molecule has 0 aliphatic heterocycles. The van der Waals surface area contributed by atoms with E-state index in [0.29, 0.717) is 5.82 Å². The molecule has 0 aliphatic rings. The topological polar surface area (TPSA) is 95.1 Å². The van der Waals surface area contributed by atoms with Crippen molar-refractivity contribution in [2.45, 2.75) is 25.1 Å². The van der Waals surface area contributed by atoms with Crippen molar-refractivity contribution in [3.8, 4) is 0 Å². The SMILES string of the molecule is CC(NS(=O)(=O)C(C)CO)c1ncc[nH]1. The van der Waals surface area contributed by atoms with E-state index in [4.69, 9.17) is 5.11 Å². The molecule has 15 heavy (non-hydrogen) atoms. The second-order valence-corrected chi connectivity index (χ2v) is 5.48. The molecule has 0 saturated carbocycles. The van der Waals surface area contributed by atoms with Gasteiger partial charge >= 0.3 is 0 Å². The standard InChI is InChI=1S/C8H15N3O3S/c1-6(5-12)15(13,14)11-7(2)8-9-3-4-10-8/h3-4,6-7,11-12H,5H2,1-2H3,(H,9,10). The van der Waals surface area contributed by atoms with Gasteiger partial charge in [-0.1, -0.05) is 0 Å². The lowest BCUT2D eigenvalue weighted by atomic mass is 10.3. The lowest BCUT2D eigenvalue weighted by Crippen LogP contribution is -2.36. The van der Waals surface area contributed by atoms with Crippen LogP contribution in [0.5, 0.6) is 0 Å². The van der Waals surface area contributed by atoms with Crippen LogP contribution in [0.4, 0.5) is 0 Å². The van der Waals surface area contributed by atoms with Gasteiger partial charge in [-0.3, -0.25) is 0 Å². The molecule has 1 rings (SSSR count). The van der Waals surface area contributed by atoms with E-state index >= 15 is 0 Å². The first-order valence-electron chi connectivity index (χ1n) is 4.58. The minimum Gasteiger partial charge on any atom is -0.395 e. The highest BCUT2D eigenvalue weighted by Crippen LogP contribution is 2.09. The normalized spacial score (nSPS) is 16.2. The molecule has 3 N–H and O–H groups in total. The molecule has 2 atom stereocenters. The van der Waals surface area contributed by atoms with E-state index in [0.717, 1.165) is 0 Å². The van der Waals surface area contributed by atoms with Gasteiger partial charge in [0.15, 0.2) is 0 Å². The van der Waals surface area contributed by atoms with E-state index in [1.165, 1.54) is 6.92 Å². The summed E-state index contributed by atoms with van der Waals surface area (Å²) in [5.74, 6) is 0.545. The summed E-state index contributed by atoms with van der Waals surface area (Å²) in [7, 11) is -3.50. The van der Waals surface area contributed by atoms with E-state index in [-0.39, 0.29) is 0 Å². The molecule has 6 nitrogen and oxygen atoms in total. The van der Waals surface area contributed by atoms with Crippen molar-refractivity contribution >= 4 is 10.0 Å². The first-order valence-corrected chi connectivity index (χ1v) is 6.13. The molecule has 0 fully saturated rings. The number of nitrogens with one attached hydrogen (secondary N) is 2. The summed E-state index contributed by atoms with van der Waals surface area (Å²) in [4.78, 5) is 6.76. The first-order chi connectivity index (χ1) is 6.97. The first kappa shape index (κ1) is 12.2. The predicted molar refractivity (Wildman–Crippen MR) is 55.6 cm³/mol. The van der Waals surface area contributed by atoms with E-state index < -0.39 is 27.9 Å². The van der Waals surface area contributed by atoms with Crippen molar-refractivity contribution in [2.75, 3.05) is 6.61 Å². The molecule has 86 valence electrons. The van der Waals surface area contributed by atoms with Gasteiger partial charge < -0.3 is 10.1 Å². The molecule has 0 saturated heterocycles. The zero-order chi connectivity index (χ0) is 11.5. The Morgan fingerprint density at radius 2 is 2.27 bits per heavy atom. The van der Waals surface area contributed by atoms with Crippen LogP contribution >= 0.6 is 0 Å². The quantitative estimate of drug-likeness (QED) is 0.654. The van der Waals surface area contributed by atoms with Gasteiger partial charge in [-0.25, -0.2) is 18.1 Å². The van der Waals surface area contributed by atoms with Crippen LogP contribution in [-0.4, -0.2) is 35.3 Å². The van der Waals surface area contributed by atoms with Crippen molar-refractivity contribution < 1.29 is 13.5 Å². The highest BCUT2D eigenvalue weighted by atomic mass is 32.2. The van der Waals surface area contributed by atoms with Crippen molar-refractivity contribution in [3.63, 3.8) is 0 Å². The molecule has 0 radical (unpaired) electrons. The summed E-state index contributed by atoms with van der Waals surface area (Å²) in [6.45, 7) is 2.72. The third-order valence-electron chi connectivity index (χ3n) is 2.06. The largest absolute Gasteiger partial charge is 0.395 e. The lowest BCUT2D eigenvalue weighted by molar-refractivity contribution is 0.294. The third kappa shape index (κ3) is 3.01. The molecule has 2 unspecified atom stereocenters. The van der Waals surface area contributed by atoms with E-state index in [2.05, 4.69) is 14.7 Å². The van der Waals surface area contributed by atoms with Gasteiger partial charge in [-0.05, 0) is 13.8 Å². The number of nitrogens with zero attached hydrogens (tertiary/aromatic N) is 1. The fourth-order valence-corrected chi connectivity index (χ4v) is 2.06. The maximum absolute atomic E-state index is 11.6. The highest BCUT2D eigenvalue weighted by Gasteiger charge is 2.23. The van der Waals surface area contributed by atoms with E-state index in [1.807, 2.05) is 0 Å². The van der Waals surface area contributed by atoms with Crippen LogP contribution in [0.2, 0.25) is 0 Å². The maximum atomic E-state index is 11.6. The Hall–Kier alpha value is -0.920. The molecule has 0 aromatic carbocycles. The predicted octanol–water partition coefficient (Wildman–Crippen LogP) is -0.229. The zero-order valence-electron chi connectivity index (χ0n) is 8.64. The summed E-state index contributed by atoms with van der Waals surface area (Å²) in [5.41, 5.74) is 0. The third-order valence-corrected chi connectivity index (χ3v) is 3.95. The molecular weight excluding hydrogens is 218 g/mol. The fraction of sp³-hybridized carbons (Fsp3) is 0.625. The van der Waals surface area contributed by atoms with Gasteiger partial charge in [0.2, 0.25) is 10.0 Å². The Morgan fingerprint density at radius 3 is 2.73 bits per heavy atom. The number of aromatic nitrogens is 2. The number of H-pyrrole nitrogens is 1. The summed E-state index contributed by atoms with van der Waals surface area (Å²) < 4.78 is 25.5. The molecule has 1 aromatic heterocycles. The number of aliphatic hydroxyl groups is 1. The molecule has 0 spiro atoms. The lowest BCUT2D eigenvalue weighted by Gasteiger charge is -2.15. The Labute approximate surface area is 88.8 Å². The summed E-state index contributed by atoms with van der Waals surface area (Å²) in [6, 6.07) is -0.431. The van der Waals surface area contributed by atoms with Crippen molar-refractivity contribution in [3.05, 3.63) is 18.2 Å². The number of hydrogen-bond donors (Lipinski definition) is 3. The van der Waals surface area contributed by atoms with Crippen molar-refractivity contribution in [1.29, 1.82) is 0 Å². The maximum Gasteiger partial charge on any atom is 0.217 e. The number of rotatable bonds is 5. The van der Waals surface area contributed by atoms with Gasteiger partial charge in [0.1, 0.15) is 5.82 Å². The average Bonchev–Trinajstić information content (AvgIpc) is 2.68. The number of aromatic amines is 1. The van der Waals surface area contributed by atoms with Gasteiger partial charge in [0.25, 0.3) is 0 Å². The van der Waals surface area contributed by atoms with Gasteiger partial charge in [0, 0.05) is 12.4 Å². The molecule has 1 heterocycles. The second-order valence-electron chi connectivity index (χ2n) is 3.35. The molecule has 7 heteroatoms. The Bertz CT molecular complexity index is 387. The smallest absolute Gasteiger partial charge is 0.217 e. The average molecular weight is 233 g/mol. The highest BCUT2D eigenvalue weighted by molar-refractivity contribution is 7.90. The van der Waals surface area contributed by atoms with E-state index in [9.17, 15) is 8.42 Å². The van der Waals surface area contributed by atoms with Crippen LogP contribution in [0.3, 0.4) is 0 Å². The molecule has 0 amide bonds. The summed E-state index contributed by atoms with van der Waals surface area (Å²) in [5, 5.41) is 7.95. The van der Waals surface area contributed by atoms with Crippen LogP contribution in [0.1, 0.15) is 25.7 Å². The number of hydrogen-bond acceptors (Lipinski definition) is 4. The van der Waals surface area contributed by atoms with Crippen LogP contribution in [-0.2, 0) is 10.0 Å². The minimum absolute atomic E-state index is 0.403. The molecular formula is C8H15N3O3S. The van der Waals surface area contributed by atoms with Gasteiger partial charge in [0.05, 0.1) is 17.9 Å². The zero-order valence-corrected chi connectivity index (χ0v) is 9.45. The second kappa shape index (κ2) is 4.73. The van der Waals surface area contributed by atoms with E-state index in [1.54, 1.807) is 19.3 Å². The van der Waals surface area contributed by atoms with Crippen molar-refractivity contribution in [1.82, 2.24) is 14.7 Å². The Kier molecular flexibility index (Phi) is 3.83. The number of imidazole rings is 1. The van der Waals surface area contributed by atoms with Crippen molar-refractivity contribution in [2.24, 2.45) is 0 Å². The molecule has 1 aromatic rings. The molecule has 0 bridgehead atoms. The minimum atomic E-state index is -3.50. The van der Waals surface area contributed by atoms with Gasteiger partial charge in [-0.15, -0.1) is 0 Å². The van der Waals surface area contributed by atoms with Gasteiger partial charge in [-0.2, -0.15) is 0 Å². The fourth-order valence-electron chi connectivity index (χ4n) is 1.03. The summed E-state index contributed by atoms with van der Waals surface area (Å²) >= 11 is 0. The van der Waals surface area contributed by atoms with Crippen LogP contribution in [0.25, 0.3) is 0 Å². The number of sulfonamides is 1. The van der Waals surface area contributed by atoms with Crippen LogP contribution in [0, 0.1) is 0 Å². The van der Waals surface area contributed by atoms with Crippen LogP contribution < -0.4 is 4.72 Å². The van der Waals surface area contributed by atoms with Crippen LogP contribution in [0.15, 0.2) is 12.4 Å². The number of aliphatic hydroxyl groups excluding tert-OH is 1. The Balaban J connectivity index is 2.70. The monoisotopic (exact) mass is 233 g/mol. The Morgan fingerprint density at radius 1 is 1.60 bits per heavy atom.